The molecule has 152 valence electrons. The van der Waals surface area contributed by atoms with Gasteiger partial charge < -0.3 is 9.84 Å². The lowest BCUT2D eigenvalue weighted by atomic mass is 10.00. The molecule has 4 aromatic rings. The van der Waals surface area contributed by atoms with Crippen LogP contribution in [0.15, 0.2) is 72.8 Å². The minimum absolute atomic E-state index is 0.129. The Balaban J connectivity index is 1.67. The van der Waals surface area contributed by atoms with Crippen molar-refractivity contribution in [2.75, 3.05) is 6.61 Å². The number of carboxylic acids is 1. The third kappa shape index (κ3) is 4.24. The second-order valence-electron chi connectivity index (χ2n) is 7.15. The van der Waals surface area contributed by atoms with Gasteiger partial charge in [0.15, 0.2) is 0 Å². The Morgan fingerprint density at radius 2 is 1.61 bits per heavy atom. The molecule has 0 bridgehead atoms. The maximum atomic E-state index is 11.8. The number of pyridine rings is 1. The standard InChI is InChI=1S/C26H20N2O3/c1-2-13-31-21-10-8-19(9-11-21)18-4-6-20(7-5-18)25-15-23(26(29)30)22-14-17(16-27)3-12-24(22)28-25/h3-12,14-15H,2,13H2,1H3,(H,29,30). The topological polar surface area (TPSA) is 83.2 Å². The summed E-state index contributed by atoms with van der Waals surface area (Å²) >= 11 is 0. The van der Waals surface area contributed by atoms with Crippen molar-refractivity contribution in [3.63, 3.8) is 0 Å². The fourth-order valence-electron chi connectivity index (χ4n) is 3.42. The lowest BCUT2D eigenvalue weighted by molar-refractivity contribution is 0.0699. The van der Waals surface area contributed by atoms with Gasteiger partial charge in [-0.25, -0.2) is 9.78 Å². The van der Waals surface area contributed by atoms with Crippen LogP contribution in [-0.4, -0.2) is 22.7 Å². The van der Waals surface area contributed by atoms with Gasteiger partial charge in [0, 0.05) is 10.9 Å². The number of nitriles is 1. The molecule has 0 unspecified atom stereocenters. The van der Waals surface area contributed by atoms with Crippen LogP contribution in [0, 0.1) is 11.3 Å². The molecule has 3 aromatic carbocycles. The first-order valence-electron chi connectivity index (χ1n) is 10.0. The van der Waals surface area contributed by atoms with E-state index in [0.717, 1.165) is 28.9 Å². The molecule has 1 N–H and O–H groups in total. The van der Waals surface area contributed by atoms with E-state index in [1.807, 2.05) is 54.6 Å². The minimum atomic E-state index is -1.05. The maximum Gasteiger partial charge on any atom is 0.336 e. The van der Waals surface area contributed by atoms with Gasteiger partial charge in [0.1, 0.15) is 5.75 Å². The molecule has 5 nitrogen and oxygen atoms in total. The number of hydrogen-bond acceptors (Lipinski definition) is 4. The van der Waals surface area contributed by atoms with Crippen LogP contribution in [0.3, 0.4) is 0 Å². The van der Waals surface area contributed by atoms with Gasteiger partial charge in [0.2, 0.25) is 0 Å². The van der Waals surface area contributed by atoms with Gasteiger partial charge in [0.05, 0.1) is 35.0 Å². The van der Waals surface area contributed by atoms with Gasteiger partial charge in [0.25, 0.3) is 0 Å². The van der Waals surface area contributed by atoms with Crippen molar-refractivity contribution in [1.29, 1.82) is 5.26 Å². The zero-order valence-electron chi connectivity index (χ0n) is 17.0. The van der Waals surface area contributed by atoms with Gasteiger partial charge in [-0.3, -0.25) is 0 Å². The smallest absolute Gasteiger partial charge is 0.336 e. The van der Waals surface area contributed by atoms with Crippen molar-refractivity contribution in [2.24, 2.45) is 0 Å². The molecule has 0 aliphatic rings. The second-order valence-corrected chi connectivity index (χ2v) is 7.15. The lowest BCUT2D eigenvalue weighted by Gasteiger charge is -2.09. The van der Waals surface area contributed by atoms with Crippen molar-refractivity contribution in [1.82, 2.24) is 4.98 Å². The highest BCUT2D eigenvalue weighted by Crippen LogP contribution is 2.29. The highest BCUT2D eigenvalue weighted by atomic mass is 16.5. The predicted octanol–water partition coefficient (Wildman–Crippen LogP) is 5.93. The molecule has 4 rings (SSSR count). The van der Waals surface area contributed by atoms with Crippen molar-refractivity contribution in [3.05, 3.63) is 83.9 Å². The molecule has 1 heterocycles. The van der Waals surface area contributed by atoms with Crippen LogP contribution in [0.4, 0.5) is 0 Å². The average Bonchev–Trinajstić information content (AvgIpc) is 2.82. The van der Waals surface area contributed by atoms with E-state index in [1.54, 1.807) is 24.3 Å². The largest absolute Gasteiger partial charge is 0.494 e. The quantitative estimate of drug-likeness (QED) is 0.428. The van der Waals surface area contributed by atoms with Crippen LogP contribution in [-0.2, 0) is 0 Å². The molecule has 31 heavy (non-hydrogen) atoms. The summed E-state index contributed by atoms with van der Waals surface area (Å²) < 4.78 is 5.63. The Morgan fingerprint density at radius 3 is 2.23 bits per heavy atom. The predicted molar refractivity (Wildman–Crippen MR) is 120 cm³/mol. The first kappa shape index (κ1) is 20.1. The fourth-order valence-corrected chi connectivity index (χ4v) is 3.42. The monoisotopic (exact) mass is 408 g/mol. The lowest BCUT2D eigenvalue weighted by Crippen LogP contribution is -2.00. The Kier molecular flexibility index (Phi) is 5.63. The van der Waals surface area contributed by atoms with E-state index in [0.29, 0.717) is 28.8 Å². The van der Waals surface area contributed by atoms with Crippen LogP contribution in [0.2, 0.25) is 0 Å². The molecule has 0 aliphatic heterocycles. The number of benzene rings is 3. The van der Waals surface area contributed by atoms with E-state index in [1.165, 1.54) is 0 Å². The normalized spacial score (nSPS) is 10.6. The second kappa shape index (κ2) is 8.68. The number of aromatic carboxylic acids is 1. The van der Waals surface area contributed by atoms with Gasteiger partial charge in [-0.1, -0.05) is 43.3 Å². The highest BCUT2D eigenvalue weighted by Gasteiger charge is 2.14. The van der Waals surface area contributed by atoms with Crippen molar-refractivity contribution >= 4 is 16.9 Å². The molecule has 1 aromatic heterocycles. The molecule has 5 heteroatoms. The molecule has 0 fully saturated rings. The van der Waals surface area contributed by atoms with Crippen LogP contribution in [0.25, 0.3) is 33.3 Å². The summed E-state index contributed by atoms with van der Waals surface area (Å²) in [6.07, 6.45) is 0.967. The Morgan fingerprint density at radius 1 is 0.968 bits per heavy atom. The number of carbonyl (C=O) groups is 1. The third-order valence-corrected chi connectivity index (χ3v) is 5.01. The van der Waals surface area contributed by atoms with E-state index in [9.17, 15) is 9.90 Å². The summed E-state index contributed by atoms with van der Waals surface area (Å²) in [5, 5.41) is 19.2. The molecule has 0 atom stereocenters. The number of rotatable bonds is 6. The maximum absolute atomic E-state index is 11.8. The zero-order valence-corrected chi connectivity index (χ0v) is 17.0. The van der Waals surface area contributed by atoms with Gasteiger partial charge >= 0.3 is 5.97 Å². The van der Waals surface area contributed by atoms with Crippen LogP contribution in [0.5, 0.6) is 5.75 Å². The molecule has 0 radical (unpaired) electrons. The highest BCUT2D eigenvalue weighted by molar-refractivity contribution is 6.04. The number of nitrogens with zero attached hydrogens (tertiary/aromatic N) is 2. The molecule has 0 spiro atoms. The fraction of sp³-hybridized carbons (Fsp3) is 0.115. The van der Waals surface area contributed by atoms with Crippen LogP contribution < -0.4 is 4.74 Å². The van der Waals surface area contributed by atoms with Gasteiger partial charge in [-0.05, 0) is 53.9 Å². The molecule has 0 saturated carbocycles. The van der Waals surface area contributed by atoms with E-state index in [-0.39, 0.29) is 5.56 Å². The van der Waals surface area contributed by atoms with Crippen molar-refractivity contribution < 1.29 is 14.6 Å². The SMILES string of the molecule is CCCOc1ccc(-c2ccc(-c3cc(C(=O)O)c4cc(C#N)ccc4n3)cc2)cc1. The van der Waals surface area contributed by atoms with E-state index in [4.69, 9.17) is 10.00 Å². The summed E-state index contributed by atoms with van der Waals surface area (Å²) in [5.74, 6) is -0.200. The number of carboxylic acid groups (broad SMARTS) is 1. The number of ether oxygens (including phenoxy) is 1. The Hall–Kier alpha value is -4.17. The molecule has 0 amide bonds. The Bertz CT molecular complexity index is 1290. The number of hydrogen-bond donors (Lipinski definition) is 1. The average molecular weight is 408 g/mol. The zero-order chi connectivity index (χ0) is 21.8. The summed E-state index contributed by atoms with van der Waals surface area (Å²) in [6, 6.07) is 24.3. The summed E-state index contributed by atoms with van der Waals surface area (Å²) in [6.45, 7) is 2.77. The Labute approximate surface area is 180 Å². The van der Waals surface area contributed by atoms with Crippen LogP contribution in [0.1, 0.15) is 29.3 Å². The number of aromatic nitrogens is 1. The van der Waals surface area contributed by atoms with Crippen molar-refractivity contribution in [2.45, 2.75) is 13.3 Å². The molecular weight excluding hydrogens is 388 g/mol. The number of fused-ring (bicyclic) bond motifs is 1. The van der Waals surface area contributed by atoms with Gasteiger partial charge in [-0.15, -0.1) is 0 Å². The summed E-state index contributed by atoms with van der Waals surface area (Å²) in [5.41, 5.74) is 4.58. The van der Waals surface area contributed by atoms with E-state index < -0.39 is 5.97 Å². The minimum Gasteiger partial charge on any atom is -0.494 e. The van der Waals surface area contributed by atoms with Crippen LogP contribution >= 0.6 is 0 Å². The summed E-state index contributed by atoms with van der Waals surface area (Å²) in [4.78, 5) is 16.4. The molecule has 0 saturated heterocycles. The van der Waals surface area contributed by atoms with E-state index in [2.05, 4.69) is 11.9 Å². The molecule has 0 aliphatic carbocycles. The summed E-state index contributed by atoms with van der Waals surface area (Å²) in [7, 11) is 0. The van der Waals surface area contributed by atoms with Crippen molar-refractivity contribution in [3.8, 4) is 34.2 Å². The first-order valence-corrected chi connectivity index (χ1v) is 10.0. The third-order valence-electron chi connectivity index (χ3n) is 5.01. The first-order chi connectivity index (χ1) is 15.1. The molecular formula is C26H20N2O3. The van der Waals surface area contributed by atoms with E-state index >= 15 is 0 Å². The van der Waals surface area contributed by atoms with Gasteiger partial charge in [-0.2, -0.15) is 5.26 Å².